The molecule has 1 aliphatic heterocycles. The molecule has 0 radical (unpaired) electrons. The number of hydrogen-bond acceptors (Lipinski definition) is 5. The van der Waals surface area contributed by atoms with Crippen LogP contribution in [0.1, 0.15) is 12.8 Å². The average molecular weight is 280 g/mol. The molecule has 102 valence electrons. The number of nitrogens with zero attached hydrogens (tertiary/aromatic N) is 4. The zero-order valence-electron chi connectivity index (χ0n) is 10.5. The predicted molar refractivity (Wildman–Crippen MR) is 73.6 cm³/mol. The summed E-state index contributed by atoms with van der Waals surface area (Å²) < 4.78 is 8.44. The van der Waals surface area contributed by atoms with Crippen LogP contribution in [0.5, 0.6) is 0 Å². The molecule has 2 aromatic rings. The van der Waals surface area contributed by atoms with Crippen LogP contribution in [-0.2, 0) is 11.3 Å². The summed E-state index contributed by atoms with van der Waals surface area (Å²) in [5.74, 6) is 0.731. The van der Waals surface area contributed by atoms with Gasteiger partial charge < -0.3 is 4.74 Å². The summed E-state index contributed by atoms with van der Waals surface area (Å²) in [6.45, 7) is 2.04. The van der Waals surface area contributed by atoms with Crippen LogP contribution < -0.4 is 5.69 Å². The van der Waals surface area contributed by atoms with Crippen LogP contribution in [0.4, 0.5) is 0 Å². The van der Waals surface area contributed by atoms with Gasteiger partial charge in [-0.15, -0.1) is 5.10 Å². The van der Waals surface area contributed by atoms with Crippen molar-refractivity contribution >= 4 is 18.3 Å². The third-order valence-electron chi connectivity index (χ3n) is 3.76. The molecule has 2 aromatic heterocycles. The molecule has 0 spiro atoms. The van der Waals surface area contributed by atoms with E-state index < -0.39 is 0 Å². The largest absolute Gasteiger partial charge is 0.381 e. The summed E-state index contributed by atoms with van der Waals surface area (Å²) in [5, 5.41) is 4.33. The van der Waals surface area contributed by atoms with Crippen LogP contribution in [-0.4, -0.2) is 38.1 Å². The zero-order chi connectivity index (χ0) is 13.3. The van der Waals surface area contributed by atoms with Gasteiger partial charge in [0.25, 0.3) is 0 Å². The number of hydrogen-bond donors (Lipinski definition) is 1. The standard InChI is InChI=1S/C12H16N4O2S/c17-11-15-4-3-13-7-10(15)14-16(11)8-12(9-19)1-5-18-6-2-12/h3-4,7,19H,1-2,5-6,8-9H2. The van der Waals surface area contributed by atoms with Crippen LogP contribution >= 0.6 is 12.6 Å². The van der Waals surface area contributed by atoms with E-state index in [2.05, 4.69) is 22.7 Å². The Morgan fingerprint density at radius 3 is 2.89 bits per heavy atom. The Balaban J connectivity index is 1.96. The molecule has 0 bridgehead atoms. The number of thiol groups is 1. The van der Waals surface area contributed by atoms with Crippen LogP contribution in [0.3, 0.4) is 0 Å². The Bertz CT molecular complexity index is 630. The van der Waals surface area contributed by atoms with Crippen LogP contribution in [0.15, 0.2) is 23.4 Å². The molecule has 1 aliphatic rings. The molecule has 3 rings (SSSR count). The Labute approximate surface area is 115 Å². The maximum Gasteiger partial charge on any atom is 0.350 e. The van der Waals surface area contributed by atoms with Gasteiger partial charge in [-0.3, -0.25) is 4.98 Å². The van der Waals surface area contributed by atoms with E-state index in [4.69, 9.17) is 4.74 Å². The first kappa shape index (κ1) is 12.7. The van der Waals surface area contributed by atoms with E-state index >= 15 is 0 Å². The van der Waals surface area contributed by atoms with E-state index in [1.807, 2.05) is 0 Å². The first-order valence-electron chi connectivity index (χ1n) is 6.32. The monoisotopic (exact) mass is 280 g/mol. The van der Waals surface area contributed by atoms with Gasteiger partial charge in [0.15, 0.2) is 5.65 Å². The Morgan fingerprint density at radius 2 is 2.21 bits per heavy atom. The lowest BCUT2D eigenvalue weighted by Gasteiger charge is -2.35. The molecule has 19 heavy (non-hydrogen) atoms. The zero-order valence-corrected chi connectivity index (χ0v) is 11.4. The molecule has 0 N–H and O–H groups in total. The van der Waals surface area contributed by atoms with E-state index in [1.165, 1.54) is 9.08 Å². The molecule has 0 unspecified atom stereocenters. The fraction of sp³-hybridized carbons (Fsp3) is 0.583. The topological polar surface area (TPSA) is 61.4 Å². The van der Waals surface area contributed by atoms with Gasteiger partial charge in [-0.25, -0.2) is 13.9 Å². The lowest BCUT2D eigenvalue weighted by atomic mass is 9.82. The van der Waals surface area contributed by atoms with Gasteiger partial charge in [0, 0.05) is 31.0 Å². The molecular weight excluding hydrogens is 264 g/mol. The van der Waals surface area contributed by atoms with Crippen molar-refractivity contribution in [2.24, 2.45) is 5.41 Å². The highest BCUT2D eigenvalue weighted by Gasteiger charge is 2.33. The third kappa shape index (κ3) is 2.28. The second-order valence-corrected chi connectivity index (χ2v) is 5.33. The van der Waals surface area contributed by atoms with E-state index in [0.717, 1.165) is 31.8 Å². The van der Waals surface area contributed by atoms with Crippen LogP contribution in [0.2, 0.25) is 0 Å². The number of fused-ring (bicyclic) bond motifs is 1. The summed E-state index contributed by atoms with van der Waals surface area (Å²) >= 11 is 4.46. The Hall–Kier alpha value is -1.34. The molecule has 1 fully saturated rings. The highest BCUT2D eigenvalue weighted by atomic mass is 32.1. The van der Waals surface area contributed by atoms with Crippen molar-refractivity contribution in [3.8, 4) is 0 Å². The summed E-state index contributed by atoms with van der Waals surface area (Å²) in [6, 6.07) is 0. The lowest BCUT2D eigenvalue weighted by Crippen LogP contribution is -2.38. The first-order valence-corrected chi connectivity index (χ1v) is 6.95. The SMILES string of the molecule is O=c1n(CC2(CS)CCOCC2)nc2cnccn12. The maximum absolute atomic E-state index is 12.2. The van der Waals surface area contributed by atoms with E-state index in [-0.39, 0.29) is 11.1 Å². The number of aromatic nitrogens is 4. The van der Waals surface area contributed by atoms with Crippen molar-refractivity contribution < 1.29 is 4.74 Å². The van der Waals surface area contributed by atoms with Gasteiger partial charge in [0.1, 0.15) is 0 Å². The van der Waals surface area contributed by atoms with E-state index in [0.29, 0.717) is 12.2 Å². The van der Waals surface area contributed by atoms with E-state index in [1.54, 1.807) is 18.6 Å². The maximum atomic E-state index is 12.2. The van der Waals surface area contributed by atoms with Gasteiger partial charge in [-0.05, 0) is 18.6 Å². The molecule has 0 aromatic carbocycles. The van der Waals surface area contributed by atoms with E-state index in [9.17, 15) is 4.79 Å². The molecule has 7 heteroatoms. The minimum Gasteiger partial charge on any atom is -0.381 e. The van der Waals surface area contributed by atoms with Crippen molar-refractivity contribution in [2.45, 2.75) is 19.4 Å². The smallest absolute Gasteiger partial charge is 0.350 e. The summed E-state index contributed by atoms with van der Waals surface area (Å²) in [6.07, 6.45) is 6.64. The number of rotatable bonds is 3. The predicted octanol–water partition coefficient (Wildman–Crippen LogP) is 0.618. The van der Waals surface area contributed by atoms with Crippen LogP contribution in [0, 0.1) is 5.41 Å². The first-order chi connectivity index (χ1) is 9.24. The summed E-state index contributed by atoms with van der Waals surface area (Å²) in [4.78, 5) is 16.2. The van der Waals surface area contributed by atoms with Crippen molar-refractivity contribution in [3.05, 3.63) is 29.1 Å². The fourth-order valence-corrected chi connectivity index (χ4v) is 2.89. The lowest BCUT2D eigenvalue weighted by molar-refractivity contribution is 0.0160. The minimum atomic E-state index is -0.120. The molecule has 0 saturated carbocycles. The summed E-state index contributed by atoms with van der Waals surface area (Å²) in [5.41, 5.74) is 0.454. The summed E-state index contributed by atoms with van der Waals surface area (Å²) in [7, 11) is 0. The highest BCUT2D eigenvalue weighted by Crippen LogP contribution is 2.33. The average Bonchev–Trinajstić information content (AvgIpc) is 2.77. The third-order valence-corrected chi connectivity index (χ3v) is 4.43. The van der Waals surface area contributed by atoms with Crippen molar-refractivity contribution in [1.29, 1.82) is 0 Å². The Morgan fingerprint density at radius 1 is 1.42 bits per heavy atom. The highest BCUT2D eigenvalue weighted by molar-refractivity contribution is 7.80. The molecule has 0 atom stereocenters. The second-order valence-electron chi connectivity index (χ2n) is 5.02. The van der Waals surface area contributed by atoms with Gasteiger partial charge in [-0.1, -0.05) is 0 Å². The molecule has 1 saturated heterocycles. The quantitative estimate of drug-likeness (QED) is 0.837. The van der Waals surface area contributed by atoms with Crippen LogP contribution in [0.25, 0.3) is 5.65 Å². The fourth-order valence-electron chi connectivity index (χ4n) is 2.47. The number of ether oxygens (including phenoxy) is 1. The van der Waals surface area contributed by atoms with Crippen molar-refractivity contribution in [2.75, 3.05) is 19.0 Å². The second kappa shape index (κ2) is 4.97. The van der Waals surface area contributed by atoms with Crippen molar-refractivity contribution in [1.82, 2.24) is 19.2 Å². The van der Waals surface area contributed by atoms with Gasteiger partial charge in [0.05, 0.1) is 12.7 Å². The minimum absolute atomic E-state index is 0.00342. The molecule has 0 amide bonds. The molecule has 3 heterocycles. The molecule has 6 nitrogen and oxygen atoms in total. The van der Waals surface area contributed by atoms with Gasteiger partial charge >= 0.3 is 5.69 Å². The van der Waals surface area contributed by atoms with Gasteiger partial charge in [0.2, 0.25) is 0 Å². The van der Waals surface area contributed by atoms with Crippen molar-refractivity contribution in [3.63, 3.8) is 0 Å². The van der Waals surface area contributed by atoms with Gasteiger partial charge in [-0.2, -0.15) is 12.6 Å². The molecular formula is C12H16N4O2S. The normalized spacial score (nSPS) is 18.8. The Kier molecular flexibility index (Phi) is 3.32. The molecule has 0 aliphatic carbocycles.